The molecule has 0 bridgehead atoms. The van der Waals surface area contributed by atoms with E-state index in [0.29, 0.717) is 5.82 Å². The highest BCUT2D eigenvalue weighted by Gasteiger charge is 2.07. The summed E-state index contributed by atoms with van der Waals surface area (Å²) in [6.07, 6.45) is 1.89. The van der Waals surface area contributed by atoms with Crippen molar-refractivity contribution in [3.8, 4) is 11.3 Å². The van der Waals surface area contributed by atoms with Crippen molar-refractivity contribution in [2.24, 2.45) is 0 Å². The molecular formula is C15H19N3. The Morgan fingerprint density at radius 1 is 1.11 bits per heavy atom. The van der Waals surface area contributed by atoms with E-state index >= 15 is 0 Å². The van der Waals surface area contributed by atoms with Crippen LogP contribution in [-0.2, 0) is 6.42 Å². The maximum atomic E-state index is 5.86. The topological polar surface area (TPSA) is 51.8 Å². The minimum atomic E-state index is 0.546. The fraction of sp³-hybridized carbons (Fsp3) is 0.333. The Labute approximate surface area is 108 Å². The van der Waals surface area contributed by atoms with Crippen LogP contribution in [0.25, 0.3) is 11.3 Å². The average molecular weight is 241 g/mol. The summed E-state index contributed by atoms with van der Waals surface area (Å²) in [6.45, 7) is 6.29. The summed E-state index contributed by atoms with van der Waals surface area (Å²) in [5.74, 6) is 1.37. The number of benzene rings is 1. The number of hydrogen-bond donors (Lipinski definition) is 1. The summed E-state index contributed by atoms with van der Waals surface area (Å²) in [5, 5.41) is 0. The molecule has 0 amide bonds. The van der Waals surface area contributed by atoms with Crippen molar-refractivity contribution in [1.82, 2.24) is 9.97 Å². The van der Waals surface area contributed by atoms with Gasteiger partial charge in [-0.25, -0.2) is 9.97 Å². The predicted octanol–water partition coefficient (Wildman–Crippen LogP) is 3.30. The summed E-state index contributed by atoms with van der Waals surface area (Å²) >= 11 is 0. The predicted molar refractivity (Wildman–Crippen MR) is 75.3 cm³/mol. The average Bonchev–Trinajstić information content (AvgIpc) is 2.32. The maximum Gasteiger partial charge on any atom is 0.131 e. The molecule has 1 aromatic heterocycles. The second-order valence-corrected chi connectivity index (χ2v) is 4.66. The monoisotopic (exact) mass is 241 g/mol. The zero-order valence-corrected chi connectivity index (χ0v) is 11.2. The lowest BCUT2D eigenvalue weighted by Gasteiger charge is -2.09. The fourth-order valence-corrected chi connectivity index (χ4v) is 2.00. The van der Waals surface area contributed by atoms with Crippen molar-refractivity contribution in [1.29, 1.82) is 0 Å². The molecule has 0 saturated carbocycles. The normalized spacial score (nSPS) is 10.6. The van der Waals surface area contributed by atoms with Gasteiger partial charge in [-0.15, -0.1) is 0 Å². The molecule has 2 N–H and O–H groups in total. The van der Waals surface area contributed by atoms with Gasteiger partial charge in [0, 0.05) is 18.1 Å². The molecule has 0 fully saturated rings. The number of hydrogen-bond acceptors (Lipinski definition) is 3. The Hall–Kier alpha value is -1.90. The summed E-state index contributed by atoms with van der Waals surface area (Å²) < 4.78 is 0. The molecule has 2 aromatic rings. The molecule has 1 aromatic carbocycles. The zero-order valence-electron chi connectivity index (χ0n) is 11.2. The van der Waals surface area contributed by atoms with Gasteiger partial charge in [0.25, 0.3) is 0 Å². The van der Waals surface area contributed by atoms with E-state index in [4.69, 9.17) is 5.73 Å². The van der Waals surface area contributed by atoms with Gasteiger partial charge in [-0.05, 0) is 31.9 Å². The summed E-state index contributed by atoms with van der Waals surface area (Å²) in [5.41, 5.74) is 10.4. The highest BCUT2D eigenvalue weighted by atomic mass is 14.9. The SMILES string of the molecule is CCCc1nc(N)cc(-c2cc(C)ccc2C)n1. The van der Waals surface area contributed by atoms with Crippen LogP contribution >= 0.6 is 0 Å². The van der Waals surface area contributed by atoms with Crippen LogP contribution in [0.2, 0.25) is 0 Å². The lowest BCUT2D eigenvalue weighted by molar-refractivity contribution is 0.839. The molecular weight excluding hydrogens is 222 g/mol. The third kappa shape index (κ3) is 2.67. The van der Waals surface area contributed by atoms with Gasteiger partial charge in [0.2, 0.25) is 0 Å². The van der Waals surface area contributed by atoms with Crippen LogP contribution in [0.1, 0.15) is 30.3 Å². The van der Waals surface area contributed by atoms with Crippen LogP contribution in [0.4, 0.5) is 5.82 Å². The first-order valence-corrected chi connectivity index (χ1v) is 6.31. The van der Waals surface area contributed by atoms with Gasteiger partial charge in [-0.1, -0.05) is 24.6 Å². The number of anilines is 1. The molecule has 2 rings (SSSR count). The first-order valence-electron chi connectivity index (χ1n) is 6.31. The number of nitrogens with two attached hydrogens (primary N) is 1. The van der Waals surface area contributed by atoms with Crippen LogP contribution in [0.15, 0.2) is 24.3 Å². The van der Waals surface area contributed by atoms with Crippen molar-refractivity contribution in [3.05, 3.63) is 41.2 Å². The third-order valence-electron chi connectivity index (χ3n) is 2.93. The Bertz CT molecular complexity index is 562. The molecule has 0 atom stereocenters. The number of aromatic nitrogens is 2. The molecule has 0 radical (unpaired) electrons. The van der Waals surface area contributed by atoms with Crippen LogP contribution in [0.5, 0.6) is 0 Å². The van der Waals surface area contributed by atoms with E-state index in [9.17, 15) is 0 Å². The smallest absolute Gasteiger partial charge is 0.131 e. The highest BCUT2D eigenvalue weighted by molar-refractivity contribution is 5.66. The van der Waals surface area contributed by atoms with Crippen molar-refractivity contribution >= 4 is 5.82 Å². The van der Waals surface area contributed by atoms with E-state index in [2.05, 4.69) is 48.9 Å². The Morgan fingerprint density at radius 2 is 1.89 bits per heavy atom. The molecule has 18 heavy (non-hydrogen) atoms. The molecule has 3 nitrogen and oxygen atoms in total. The minimum absolute atomic E-state index is 0.546. The second kappa shape index (κ2) is 5.17. The Balaban J connectivity index is 2.52. The van der Waals surface area contributed by atoms with E-state index in [0.717, 1.165) is 29.9 Å². The van der Waals surface area contributed by atoms with Crippen LogP contribution in [-0.4, -0.2) is 9.97 Å². The van der Waals surface area contributed by atoms with Gasteiger partial charge in [-0.2, -0.15) is 0 Å². The molecule has 0 spiro atoms. The highest BCUT2D eigenvalue weighted by Crippen LogP contribution is 2.24. The number of aryl methyl sites for hydroxylation is 3. The van der Waals surface area contributed by atoms with Crippen molar-refractivity contribution < 1.29 is 0 Å². The van der Waals surface area contributed by atoms with E-state index < -0.39 is 0 Å². The van der Waals surface area contributed by atoms with Crippen LogP contribution in [0.3, 0.4) is 0 Å². The molecule has 0 unspecified atom stereocenters. The standard InChI is InChI=1S/C15H19N3/c1-4-5-15-17-13(9-14(16)18-15)12-8-10(2)6-7-11(12)3/h6-9H,4-5H2,1-3H3,(H2,16,17,18). The van der Waals surface area contributed by atoms with Gasteiger partial charge >= 0.3 is 0 Å². The lowest BCUT2D eigenvalue weighted by Crippen LogP contribution is -2.01. The van der Waals surface area contributed by atoms with Gasteiger partial charge in [0.05, 0.1) is 5.69 Å². The quantitative estimate of drug-likeness (QED) is 0.897. The van der Waals surface area contributed by atoms with Crippen molar-refractivity contribution in [2.45, 2.75) is 33.6 Å². The van der Waals surface area contributed by atoms with Crippen molar-refractivity contribution in [2.75, 3.05) is 5.73 Å². The zero-order chi connectivity index (χ0) is 13.1. The second-order valence-electron chi connectivity index (χ2n) is 4.66. The van der Waals surface area contributed by atoms with E-state index in [-0.39, 0.29) is 0 Å². The maximum absolute atomic E-state index is 5.86. The first kappa shape index (κ1) is 12.6. The largest absolute Gasteiger partial charge is 0.384 e. The minimum Gasteiger partial charge on any atom is -0.384 e. The fourth-order valence-electron chi connectivity index (χ4n) is 2.00. The van der Waals surface area contributed by atoms with Crippen LogP contribution < -0.4 is 5.73 Å². The molecule has 0 aliphatic carbocycles. The van der Waals surface area contributed by atoms with Gasteiger partial charge in [0.1, 0.15) is 11.6 Å². The first-order chi connectivity index (χ1) is 8.60. The summed E-state index contributed by atoms with van der Waals surface area (Å²) in [7, 11) is 0. The Morgan fingerprint density at radius 3 is 2.61 bits per heavy atom. The molecule has 0 saturated heterocycles. The molecule has 0 aliphatic heterocycles. The number of nitrogen functional groups attached to an aromatic ring is 1. The van der Waals surface area contributed by atoms with Crippen molar-refractivity contribution in [3.63, 3.8) is 0 Å². The molecule has 3 heteroatoms. The molecule has 1 heterocycles. The molecule has 94 valence electrons. The number of rotatable bonds is 3. The van der Waals surface area contributed by atoms with Crippen LogP contribution in [0, 0.1) is 13.8 Å². The van der Waals surface area contributed by atoms with Gasteiger partial charge in [-0.3, -0.25) is 0 Å². The van der Waals surface area contributed by atoms with E-state index in [1.807, 2.05) is 6.07 Å². The Kier molecular flexibility index (Phi) is 3.60. The van der Waals surface area contributed by atoms with Gasteiger partial charge < -0.3 is 5.73 Å². The van der Waals surface area contributed by atoms with E-state index in [1.165, 1.54) is 11.1 Å². The third-order valence-corrected chi connectivity index (χ3v) is 2.93. The lowest BCUT2D eigenvalue weighted by atomic mass is 10.0. The molecule has 0 aliphatic rings. The summed E-state index contributed by atoms with van der Waals surface area (Å²) in [4.78, 5) is 8.87. The number of nitrogens with zero attached hydrogens (tertiary/aromatic N) is 2. The van der Waals surface area contributed by atoms with E-state index in [1.54, 1.807) is 0 Å². The van der Waals surface area contributed by atoms with Gasteiger partial charge in [0.15, 0.2) is 0 Å². The summed E-state index contributed by atoms with van der Waals surface area (Å²) in [6, 6.07) is 8.21.